The molecular weight excluding hydrogens is 1610 g/mol. The van der Waals surface area contributed by atoms with Crippen molar-refractivity contribution in [2.45, 2.75) is 271 Å². The first-order valence-corrected chi connectivity index (χ1v) is 45.4. The van der Waals surface area contributed by atoms with Gasteiger partial charge in [-0.15, -0.1) is 0 Å². The molecule has 124 heavy (non-hydrogen) atoms. The number of esters is 5. The summed E-state index contributed by atoms with van der Waals surface area (Å²) in [6.07, 6.45) is -0.427. The van der Waals surface area contributed by atoms with E-state index in [2.05, 4.69) is 56.6 Å². The predicted octanol–water partition coefficient (Wildman–Crippen LogP) is 13.2. The van der Waals surface area contributed by atoms with Crippen LogP contribution in [0.5, 0.6) is 5.75 Å². The molecule has 1 saturated heterocycles. The molecule has 0 aromatic heterocycles. The van der Waals surface area contributed by atoms with Gasteiger partial charge in [0.1, 0.15) is 41.8 Å². The molecule has 5 saturated carbocycles. The van der Waals surface area contributed by atoms with Crippen LogP contribution in [-0.4, -0.2) is 164 Å². The number of benzene rings is 4. The van der Waals surface area contributed by atoms with Crippen LogP contribution in [0.2, 0.25) is 0 Å². The van der Waals surface area contributed by atoms with Gasteiger partial charge < -0.3 is 69.0 Å². The first-order chi connectivity index (χ1) is 58.6. The Morgan fingerprint density at radius 3 is 2.02 bits per heavy atom. The largest absolute Gasteiger partial charge is 0.524 e. The number of ether oxygens (including phenoxy) is 7. The van der Waals surface area contributed by atoms with E-state index >= 15 is 9.59 Å². The van der Waals surface area contributed by atoms with E-state index in [4.69, 9.17) is 37.7 Å². The summed E-state index contributed by atoms with van der Waals surface area (Å²) in [5, 5.41) is 45.5. The Balaban J connectivity index is 0.723. The molecule has 8 aliphatic rings. The number of aliphatic hydroxyl groups is 2. The summed E-state index contributed by atoms with van der Waals surface area (Å²) in [6, 6.07) is 26.1. The molecule has 2 bridgehead atoms. The number of Topliss-reactive ketones (excluding diaryl/α,β-unsaturated/α-hetero) is 2. The van der Waals surface area contributed by atoms with Gasteiger partial charge in [0, 0.05) is 63.5 Å². The van der Waals surface area contributed by atoms with Crippen LogP contribution in [0.25, 0.3) is 0 Å². The molecule has 3 amide bonds. The third kappa shape index (κ3) is 19.9. The van der Waals surface area contributed by atoms with Gasteiger partial charge in [-0.05, 0) is 183 Å². The van der Waals surface area contributed by atoms with E-state index in [1.165, 1.54) is 127 Å². The molecule has 4 aromatic carbocycles. The fourth-order valence-electron chi connectivity index (χ4n) is 22.6. The number of aliphatic hydroxyl groups excluding tert-OH is 1. The van der Waals surface area contributed by atoms with Crippen molar-refractivity contribution in [3.8, 4) is 5.75 Å². The molecule has 0 radical (unpaired) electrons. The number of allylic oxidation sites excluding steroid dienone is 1. The number of carboxylic acid groups (broad SMARTS) is 1. The maximum atomic E-state index is 16.0. The van der Waals surface area contributed by atoms with Crippen molar-refractivity contribution in [1.82, 2.24) is 16.0 Å². The van der Waals surface area contributed by atoms with E-state index in [9.17, 15) is 72.8 Å². The van der Waals surface area contributed by atoms with Gasteiger partial charge in [-0.2, -0.15) is 0 Å². The van der Waals surface area contributed by atoms with Crippen LogP contribution in [0.3, 0.4) is 0 Å². The third-order valence-corrected chi connectivity index (χ3v) is 29.6. The van der Waals surface area contributed by atoms with E-state index in [1.54, 1.807) is 66.7 Å². The quantitative estimate of drug-likeness (QED) is 0.00708. The second-order valence-corrected chi connectivity index (χ2v) is 38.7. The summed E-state index contributed by atoms with van der Waals surface area (Å²) in [4.78, 5) is 177. The van der Waals surface area contributed by atoms with Crippen LogP contribution in [0.15, 0.2) is 138 Å². The van der Waals surface area contributed by atoms with Crippen LogP contribution >= 0.6 is 7.82 Å². The first kappa shape index (κ1) is 93.7. The zero-order valence-electron chi connectivity index (χ0n) is 72.8. The fraction of sp³-hybridized carbons (Fsp3) is 0.589. The number of alkyl carbamates (subject to hydrolysis) is 1. The Labute approximate surface area is 724 Å². The number of ketones is 2. The molecule has 29 heteroatoms. The minimum absolute atomic E-state index is 0.0127. The zero-order valence-corrected chi connectivity index (χ0v) is 73.7. The molecule has 0 spiro atoms. The molecule has 6 fully saturated rings. The van der Waals surface area contributed by atoms with Crippen molar-refractivity contribution >= 4 is 73.1 Å². The number of carbonyl (C=O) groups excluding carboxylic acids is 10. The average molecular weight is 1740 g/mol. The second kappa shape index (κ2) is 38.4. The topological polar surface area (TPSA) is 416 Å². The zero-order chi connectivity index (χ0) is 89.8. The molecule has 1 heterocycles. The van der Waals surface area contributed by atoms with Crippen molar-refractivity contribution in [1.29, 1.82) is 0 Å². The number of phosphoric acid groups is 1. The Hall–Kier alpha value is -9.44. The average Bonchev–Trinajstić information content (AvgIpc) is 0.726. The van der Waals surface area contributed by atoms with Gasteiger partial charge in [0.15, 0.2) is 23.3 Å². The van der Waals surface area contributed by atoms with E-state index < -0.39 is 194 Å². The molecule has 21 atom stereocenters. The normalized spacial score (nSPS) is 30.2. The SMILES string of the molecule is CC(=O)O[C@@H]1C(=O)[C@]2(C)C(C(OC(=O)c3ccccc3)[C@]3(O)C[C@@H](OC(=O)[C@@H](OC(=O)CCC(=O)NCCCC[C@@H](CC(=O)C(Cc4ccc(OP(=O)(O)O)cc4)NC(=O)OC4CC[C@@]5(C)C(=CC[C@@H]6[C@@H]5CC[C@]5(C)C([C@H](C)CCCC(C)C)CC[C@@H]65)C4)C(=O)O)[C@H](NC(=O)c4ccccc4)c4ccccc4)C(C)=C1C3(C)C)[C@@]1(OC(C)=O)CO[C@H]1C[C@H]2O. The van der Waals surface area contributed by atoms with E-state index in [0.717, 1.165) is 32.6 Å². The number of hydrogen-bond acceptors (Lipinski definition) is 22. The maximum Gasteiger partial charge on any atom is 0.524 e. The number of carboxylic acids is 1. The second-order valence-electron chi connectivity index (χ2n) is 37.6. The van der Waals surface area contributed by atoms with E-state index in [0.29, 0.717) is 53.4 Å². The van der Waals surface area contributed by atoms with Gasteiger partial charge >= 0.3 is 49.7 Å². The predicted molar refractivity (Wildman–Crippen MR) is 451 cm³/mol. The summed E-state index contributed by atoms with van der Waals surface area (Å²) >= 11 is 0. The van der Waals surface area contributed by atoms with Crippen LogP contribution in [-0.2, 0) is 82.5 Å². The molecule has 12 rings (SSSR count). The van der Waals surface area contributed by atoms with E-state index in [1.807, 2.05) is 0 Å². The van der Waals surface area contributed by atoms with Crippen molar-refractivity contribution in [2.75, 3.05) is 13.2 Å². The van der Waals surface area contributed by atoms with Gasteiger partial charge in [-0.3, -0.25) is 48.1 Å². The minimum Gasteiger partial charge on any atom is -0.481 e. The lowest BCUT2D eigenvalue weighted by atomic mass is 9.44. The molecule has 672 valence electrons. The smallest absolute Gasteiger partial charge is 0.481 e. The highest BCUT2D eigenvalue weighted by Crippen LogP contribution is 2.69. The van der Waals surface area contributed by atoms with E-state index in [-0.39, 0.29) is 77.6 Å². The molecule has 1 aliphatic heterocycles. The number of amides is 3. The lowest BCUT2D eigenvalue weighted by Gasteiger charge is -2.67. The van der Waals surface area contributed by atoms with Crippen molar-refractivity contribution in [3.63, 3.8) is 0 Å². The van der Waals surface area contributed by atoms with Gasteiger partial charge in [0.25, 0.3) is 5.91 Å². The lowest BCUT2D eigenvalue weighted by Crippen LogP contribution is -2.82. The molecule has 5 unspecified atom stereocenters. The Morgan fingerprint density at radius 2 is 1.39 bits per heavy atom. The number of carbonyl (C=O) groups is 11. The van der Waals surface area contributed by atoms with Gasteiger partial charge in [0.05, 0.1) is 48.0 Å². The number of nitrogens with one attached hydrogen (secondary N) is 3. The molecule has 28 nitrogen and oxygen atoms in total. The summed E-state index contributed by atoms with van der Waals surface area (Å²) in [5.74, 6) is -8.86. The number of phosphoric ester groups is 1. The molecular formula is C95H122N3O25P. The molecule has 7 aliphatic carbocycles. The fourth-order valence-corrected chi connectivity index (χ4v) is 23.0. The van der Waals surface area contributed by atoms with Crippen LogP contribution in [0.4, 0.5) is 4.79 Å². The summed E-state index contributed by atoms with van der Waals surface area (Å²) in [5.41, 5.74) is -6.26. The molecule has 8 N–H and O–H groups in total. The molecule has 4 aromatic rings. The maximum absolute atomic E-state index is 16.0. The van der Waals surface area contributed by atoms with Crippen molar-refractivity contribution in [3.05, 3.63) is 160 Å². The van der Waals surface area contributed by atoms with Crippen LogP contribution in [0.1, 0.15) is 236 Å². The minimum atomic E-state index is -4.93. The Bertz CT molecular complexity index is 4720. The summed E-state index contributed by atoms with van der Waals surface area (Å²) in [6.45, 7) is 19.6. The van der Waals surface area contributed by atoms with Crippen molar-refractivity contribution in [2.24, 2.45) is 69.0 Å². The van der Waals surface area contributed by atoms with Crippen LogP contribution in [0, 0.1) is 69.0 Å². The number of unbranched alkanes of at least 4 members (excludes halogenated alkanes) is 1. The highest BCUT2D eigenvalue weighted by molar-refractivity contribution is 7.46. The Kier molecular flexibility index (Phi) is 29.0. The summed E-state index contributed by atoms with van der Waals surface area (Å²) < 4.78 is 59.8. The first-order valence-electron chi connectivity index (χ1n) is 43.9. The van der Waals surface area contributed by atoms with Gasteiger partial charge in [-0.1, -0.05) is 165 Å². The van der Waals surface area contributed by atoms with Gasteiger partial charge in [-0.25, -0.2) is 18.9 Å². The lowest BCUT2D eigenvalue weighted by molar-refractivity contribution is -0.346. The third-order valence-electron chi connectivity index (χ3n) is 29.2. The van der Waals surface area contributed by atoms with Crippen molar-refractivity contribution < 1.29 is 120 Å². The number of hydrogen-bond donors (Lipinski definition) is 8. The number of fused-ring (bicyclic) bond motifs is 10. The number of rotatable bonds is 34. The van der Waals surface area contributed by atoms with Gasteiger partial charge in [0.2, 0.25) is 12.0 Å². The monoisotopic (exact) mass is 1740 g/mol. The Morgan fingerprint density at radius 1 is 0.718 bits per heavy atom. The highest BCUT2D eigenvalue weighted by Gasteiger charge is 2.79. The standard InChI is InChI=1S/C95H122N3O25P/c1-54(2)24-23-25-55(3)68-39-40-69-67-38-35-64-50-66(43-45-91(64,9)70(67)44-46-92(68,69)10)118-89(111)97-71(48-59-33-36-65(37-34-59)123-124(113,114)115)72(101)49-63(86(107)108)32-21-22-47-96-76(103)41-42-77(104)120-81(79(60-26-15-12-16-27-60)98-85(106)61-28-17-13-18-29-61)88(110)119-73-52-95(112)84(121-87(109)62-30-19-14-20-31-62)82-93(11,74(102)51-75-94(82,53-116-75)122-58(6)100)83(105)80(117-57(5)99)78(56(73)4)90(95,7)8/h12-20,26-31,33-37,54-55,63,66-71,73-75,79-82,84,102,112H,21-25,32,38-53H2,1-11H3,(H,96,103)(H,97,111)(H,98,106)(H,107,108)(H2,113,114,115)/t55-,63+,66?,67+,68?,69+,70+,71?,73-,74-,75+,79-,80+,81+,82?,84?,91+,92-,93+,94-,95-/m1/s1. The van der Waals surface area contributed by atoms with Crippen LogP contribution < -0.4 is 20.5 Å². The highest BCUT2D eigenvalue weighted by atomic mass is 31.2. The summed E-state index contributed by atoms with van der Waals surface area (Å²) in [7, 11) is -4.93. The number of aliphatic carboxylic acids is 1.